The van der Waals surface area contributed by atoms with Gasteiger partial charge in [0.25, 0.3) is 0 Å². The van der Waals surface area contributed by atoms with Gasteiger partial charge in [-0.05, 0) is 32.9 Å². The molecule has 0 saturated carbocycles. The Hall–Kier alpha value is -0.760. The first kappa shape index (κ1) is 13.3. The predicted octanol–water partition coefficient (Wildman–Crippen LogP) is 0.418. The normalized spacial score (nSPS) is 11.0. The lowest BCUT2D eigenvalue weighted by Gasteiger charge is -2.15. The highest BCUT2D eigenvalue weighted by Crippen LogP contribution is 2.17. The number of nitrogens with two attached hydrogens (primary N) is 1. The van der Waals surface area contributed by atoms with E-state index in [9.17, 15) is 0 Å². The molecule has 0 saturated heterocycles. The fourth-order valence-corrected chi connectivity index (χ4v) is 1.91. The molecule has 0 fully saturated rings. The molecule has 0 radical (unpaired) electrons. The molecule has 0 aliphatic carbocycles. The van der Waals surface area contributed by atoms with Crippen molar-refractivity contribution in [2.75, 3.05) is 25.6 Å². The number of unbranched alkanes of at least 4 members (excludes halogenated alkanes) is 2. The number of aliphatic hydroxyl groups is 1. The third kappa shape index (κ3) is 4.40. The average Bonchev–Trinajstić information content (AvgIpc) is 2.71. The highest BCUT2D eigenvalue weighted by molar-refractivity contribution is 7.10. The van der Waals surface area contributed by atoms with Gasteiger partial charge in [-0.2, -0.15) is 0 Å². The molecule has 16 heavy (non-hydrogen) atoms. The Morgan fingerprint density at radius 3 is 2.94 bits per heavy atom. The minimum Gasteiger partial charge on any atom is -0.396 e. The Morgan fingerprint density at radius 2 is 2.25 bits per heavy atom. The van der Waals surface area contributed by atoms with Crippen LogP contribution < -0.4 is 11.3 Å². The van der Waals surface area contributed by atoms with Crippen LogP contribution in [-0.2, 0) is 6.54 Å². The van der Waals surface area contributed by atoms with Crippen molar-refractivity contribution in [3.05, 3.63) is 5.69 Å². The molecule has 0 aliphatic heterocycles. The van der Waals surface area contributed by atoms with Crippen LogP contribution in [0.5, 0.6) is 0 Å². The third-order valence-corrected chi connectivity index (χ3v) is 3.00. The maximum Gasteiger partial charge on any atom is 0.148 e. The molecule has 0 aromatic carbocycles. The fraction of sp³-hybridized carbons (Fsp3) is 0.778. The largest absolute Gasteiger partial charge is 0.396 e. The second kappa shape index (κ2) is 7.50. The van der Waals surface area contributed by atoms with Gasteiger partial charge in [-0.1, -0.05) is 4.49 Å². The Bertz CT molecular complexity index is 293. The van der Waals surface area contributed by atoms with E-state index in [1.165, 1.54) is 11.5 Å². The zero-order chi connectivity index (χ0) is 11.8. The van der Waals surface area contributed by atoms with Crippen LogP contribution in [0.4, 0.5) is 5.00 Å². The van der Waals surface area contributed by atoms with E-state index in [0.717, 1.165) is 43.0 Å². The van der Waals surface area contributed by atoms with Crippen molar-refractivity contribution in [1.82, 2.24) is 14.5 Å². The number of nitrogens with one attached hydrogen (secondary N) is 1. The number of hydrogen-bond acceptors (Lipinski definition) is 7. The molecule has 0 unspecified atom stereocenters. The first-order valence-electron chi connectivity index (χ1n) is 5.35. The van der Waals surface area contributed by atoms with Gasteiger partial charge in [-0.15, -0.1) is 5.10 Å². The molecule has 1 aromatic rings. The molecule has 1 heterocycles. The van der Waals surface area contributed by atoms with Gasteiger partial charge in [0.2, 0.25) is 0 Å². The van der Waals surface area contributed by atoms with Crippen LogP contribution >= 0.6 is 11.5 Å². The number of aromatic nitrogens is 2. The van der Waals surface area contributed by atoms with Crippen LogP contribution in [-0.4, -0.2) is 39.8 Å². The number of anilines is 1. The summed E-state index contributed by atoms with van der Waals surface area (Å²) in [6, 6.07) is 0. The van der Waals surface area contributed by atoms with E-state index >= 15 is 0 Å². The summed E-state index contributed by atoms with van der Waals surface area (Å²) in [5.41, 5.74) is 3.48. The summed E-state index contributed by atoms with van der Waals surface area (Å²) in [7, 11) is 2.04. The second-order valence-corrected chi connectivity index (χ2v) is 4.47. The lowest BCUT2D eigenvalue weighted by Crippen LogP contribution is -2.20. The van der Waals surface area contributed by atoms with Crippen molar-refractivity contribution in [3.63, 3.8) is 0 Å². The van der Waals surface area contributed by atoms with Gasteiger partial charge < -0.3 is 15.4 Å². The molecule has 7 heteroatoms. The summed E-state index contributed by atoms with van der Waals surface area (Å²) < 4.78 is 3.85. The molecule has 92 valence electrons. The Morgan fingerprint density at radius 1 is 1.44 bits per heavy atom. The molecule has 1 rings (SSSR count). The number of nitrogen functional groups attached to an aromatic ring is 1. The van der Waals surface area contributed by atoms with Gasteiger partial charge in [0.15, 0.2) is 0 Å². The summed E-state index contributed by atoms with van der Waals surface area (Å²) in [6.07, 6.45) is 3.01. The molecule has 0 atom stereocenters. The van der Waals surface area contributed by atoms with Gasteiger partial charge >= 0.3 is 0 Å². The average molecular weight is 245 g/mol. The van der Waals surface area contributed by atoms with Crippen LogP contribution in [0.15, 0.2) is 0 Å². The standard InChI is InChI=1S/C9H19N5OS/c1-14(5-3-2-4-6-15)7-8-9(11-10)16-13-12-8/h11,15H,2-7,10H2,1H3. The summed E-state index contributed by atoms with van der Waals surface area (Å²) in [4.78, 5) is 2.18. The number of hydrogen-bond donors (Lipinski definition) is 3. The zero-order valence-electron chi connectivity index (χ0n) is 9.52. The topological polar surface area (TPSA) is 87.3 Å². The molecule has 0 bridgehead atoms. The Labute approximate surface area is 99.6 Å². The molecule has 0 aliphatic rings. The Kier molecular flexibility index (Phi) is 6.24. The van der Waals surface area contributed by atoms with Crippen molar-refractivity contribution in [1.29, 1.82) is 0 Å². The maximum absolute atomic E-state index is 8.65. The monoisotopic (exact) mass is 245 g/mol. The molecule has 4 N–H and O–H groups in total. The molecule has 0 amide bonds. The highest BCUT2D eigenvalue weighted by Gasteiger charge is 2.08. The molecular formula is C9H19N5OS. The first-order valence-corrected chi connectivity index (χ1v) is 6.12. The molecule has 0 spiro atoms. The Balaban J connectivity index is 2.25. The van der Waals surface area contributed by atoms with Gasteiger partial charge in [0, 0.05) is 24.7 Å². The van der Waals surface area contributed by atoms with Gasteiger partial charge in [0.05, 0.1) is 0 Å². The van der Waals surface area contributed by atoms with Crippen LogP contribution in [0.3, 0.4) is 0 Å². The minimum absolute atomic E-state index is 0.279. The highest BCUT2D eigenvalue weighted by atomic mass is 32.1. The van der Waals surface area contributed by atoms with Crippen molar-refractivity contribution >= 4 is 16.5 Å². The van der Waals surface area contributed by atoms with E-state index in [2.05, 4.69) is 19.9 Å². The van der Waals surface area contributed by atoms with Crippen molar-refractivity contribution in [2.24, 2.45) is 5.84 Å². The lowest BCUT2D eigenvalue weighted by molar-refractivity contribution is 0.270. The lowest BCUT2D eigenvalue weighted by atomic mass is 10.2. The van der Waals surface area contributed by atoms with Crippen molar-refractivity contribution in [2.45, 2.75) is 25.8 Å². The summed E-state index contributed by atoms with van der Waals surface area (Å²) in [5, 5.41) is 13.5. The first-order chi connectivity index (χ1) is 7.77. The SMILES string of the molecule is CN(CCCCCO)Cc1nnsc1NN. The quantitative estimate of drug-likeness (QED) is 0.349. The van der Waals surface area contributed by atoms with Gasteiger partial charge in [-0.25, -0.2) is 5.84 Å². The van der Waals surface area contributed by atoms with Crippen molar-refractivity contribution < 1.29 is 5.11 Å². The third-order valence-electron chi connectivity index (χ3n) is 2.30. The van der Waals surface area contributed by atoms with Gasteiger partial charge in [-0.3, -0.25) is 0 Å². The van der Waals surface area contributed by atoms with E-state index in [1.54, 1.807) is 0 Å². The van der Waals surface area contributed by atoms with Crippen LogP contribution in [0.2, 0.25) is 0 Å². The number of aliphatic hydroxyl groups excluding tert-OH is 1. The fourth-order valence-electron chi connectivity index (χ4n) is 1.43. The zero-order valence-corrected chi connectivity index (χ0v) is 10.3. The summed E-state index contributed by atoms with van der Waals surface area (Å²) in [5.74, 6) is 5.34. The smallest absolute Gasteiger partial charge is 0.148 e. The predicted molar refractivity (Wildman–Crippen MR) is 65.0 cm³/mol. The second-order valence-electron chi connectivity index (χ2n) is 3.72. The minimum atomic E-state index is 0.279. The molecule has 1 aromatic heterocycles. The van der Waals surface area contributed by atoms with E-state index in [1.807, 2.05) is 7.05 Å². The summed E-state index contributed by atoms with van der Waals surface area (Å²) in [6.45, 7) is 2.01. The summed E-state index contributed by atoms with van der Waals surface area (Å²) >= 11 is 1.27. The molecular weight excluding hydrogens is 226 g/mol. The van der Waals surface area contributed by atoms with Crippen LogP contribution in [0.25, 0.3) is 0 Å². The van der Waals surface area contributed by atoms with E-state index < -0.39 is 0 Å². The molecule has 6 nitrogen and oxygen atoms in total. The number of nitrogens with zero attached hydrogens (tertiary/aromatic N) is 3. The van der Waals surface area contributed by atoms with Crippen LogP contribution in [0, 0.1) is 0 Å². The maximum atomic E-state index is 8.65. The van der Waals surface area contributed by atoms with Gasteiger partial charge in [0.1, 0.15) is 10.7 Å². The number of rotatable bonds is 8. The van der Waals surface area contributed by atoms with E-state index in [0.29, 0.717) is 0 Å². The van der Waals surface area contributed by atoms with Crippen LogP contribution in [0.1, 0.15) is 25.0 Å². The van der Waals surface area contributed by atoms with Crippen molar-refractivity contribution in [3.8, 4) is 0 Å². The van der Waals surface area contributed by atoms with E-state index in [-0.39, 0.29) is 6.61 Å². The number of hydrazine groups is 1. The van der Waals surface area contributed by atoms with E-state index in [4.69, 9.17) is 10.9 Å².